The van der Waals surface area contributed by atoms with Crippen molar-refractivity contribution in [2.24, 2.45) is 0 Å². The third-order valence-corrected chi connectivity index (χ3v) is 6.70. The molecule has 1 saturated carbocycles. The highest BCUT2D eigenvalue weighted by Gasteiger charge is 2.53. The number of nitrogens with zero attached hydrogens (tertiary/aromatic N) is 3. The van der Waals surface area contributed by atoms with Gasteiger partial charge in [0.25, 0.3) is 5.89 Å². The third-order valence-electron chi connectivity index (χ3n) is 6.70. The first-order valence-electron chi connectivity index (χ1n) is 11.6. The summed E-state index contributed by atoms with van der Waals surface area (Å²) in [7, 11) is 1.66. The Bertz CT molecular complexity index is 1070. The molecule has 1 aromatic heterocycles. The van der Waals surface area contributed by atoms with Gasteiger partial charge in [-0.15, -0.1) is 0 Å². The Morgan fingerprint density at radius 1 is 1.09 bits per heavy atom. The number of rotatable bonds is 8. The Kier molecular flexibility index (Phi) is 6.13. The first kappa shape index (κ1) is 21.6. The van der Waals surface area contributed by atoms with Crippen LogP contribution >= 0.6 is 0 Å². The summed E-state index contributed by atoms with van der Waals surface area (Å²) in [6.07, 6.45) is 4.31. The number of amides is 1. The van der Waals surface area contributed by atoms with Crippen LogP contribution in [0.15, 0.2) is 59.1 Å². The van der Waals surface area contributed by atoms with E-state index in [1.54, 1.807) is 7.11 Å². The number of hydrogen-bond donors (Lipinski definition) is 0. The first-order valence-corrected chi connectivity index (χ1v) is 11.6. The van der Waals surface area contributed by atoms with E-state index in [0.717, 1.165) is 55.6 Å². The minimum Gasteiger partial charge on any atom is -0.497 e. The maximum atomic E-state index is 13.3. The van der Waals surface area contributed by atoms with Crippen LogP contribution in [0.1, 0.15) is 37.1 Å². The van der Waals surface area contributed by atoms with E-state index in [4.69, 9.17) is 14.0 Å². The highest BCUT2D eigenvalue weighted by atomic mass is 16.5. The molecular formula is C26H29N3O4. The van der Waals surface area contributed by atoms with Gasteiger partial charge in [0, 0.05) is 25.1 Å². The van der Waals surface area contributed by atoms with Gasteiger partial charge in [0.05, 0.1) is 25.2 Å². The quantitative estimate of drug-likeness (QED) is 0.519. The molecule has 0 bridgehead atoms. The van der Waals surface area contributed by atoms with E-state index in [9.17, 15) is 4.79 Å². The van der Waals surface area contributed by atoms with E-state index in [0.29, 0.717) is 24.7 Å². The highest BCUT2D eigenvalue weighted by molar-refractivity contribution is 5.91. The fraction of sp³-hybridized carbons (Fsp3) is 0.423. The smallest absolute Gasteiger partial charge is 0.257 e. The van der Waals surface area contributed by atoms with Gasteiger partial charge in [0.1, 0.15) is 5.75 Å². The number of carbonyl (C=O) groups excluding carboxylic acids is 1. The largest absolute Gasteiger partial charge is 0.497 e. The van der Waals surface area contributed by atoms with Crippen molar-refractivity contribution >= 4 is 5.91 Å². The van der Waals surface area contributed by atoms with Crippen LogP contribution in [0.2, 0.25) is 0 Å². The molecule has 1 amide bonds. The molecule has 1 saturated heterocycles. The summed E-state index contributed by atoms with van der Waals surface area (Å²) in [5.74, 6) is 2.25. The molecule has 2 aliphatic rings. The molecule has 0 spiro atoms. The van der Waals surface area contributed by atoms with E-state index in [1.165, 1.54) is 0 Å². The van der Waals surface area contributed by atoms with Crippen molar-refractivity contribution in [1.82, 2.24) is 15.0 Å². The molecule has 2 fully saturated rings. The number of carbonyl (C=O) groups is 1. The summed E-state index contributed by atoms with van der Waals surface area (Å²) in [6.45, 7) is 2.02. The van der Waals surface area contributed by atoms with Crippen LogP contribution in [-0.4, -0.2) is 53.9 Å². The number of aromatic nitrogens is 2. The fourth-order valence-electron chi connectivity index (χ4n) is 4.56. The van der Waals surface area contributed by atoms with Gasteiger partial charge in [-0.3, -0.25) is 4.79 Å². The lowest BCUT2D eigenvalue weighted by molar-refractivity contribution is -0.136. The lowest BCUT2D eigenvalue weighted by Gasteiger charge is -2.34. The standard InChI is InChI=1S/C26H29N3O4/c1-31-21-9-7-20(8-10-21)26(14-15-26)25(30)29-16-11-22(12-17-29)32-18-13-23-27-24(33-28-23)19-5-3-2-4-6-19/h2-10,22H,11-18H2,1H3. The maximum Gasteiger partial charge on any atom is 0.257 e. The normalized spacial score (nSPS) is 17.7. The SMILES string of the molecule is COc1ccc(C2(C(=O)N3CCC(OCCc4noc(-c5ccccc5)n4)CC3)CC2)cc1. The Hall–Kier alpha value is -3.19. The minimum atomic E-state index is -0.338. The van der Waals surface area contributed by atoms with Gasteiger partial charge in [0.2, 0.25) is 5.91 Å². The minimum absolute atomic E-state index is 0.158. The number of ether oxygens (including phenoxy) is 2. The zero-order valence-corrected chi connectivity index (χ0v) is 18.9. The molecule has 7 nitrogen and oxygen atoms in total. The fourth-order valence-corrected chi connectivity index (χ4v) is 4.56. The van der Waals surface area contributed by atoms with Crippen LogP contribution in [0.4, 0.5) is 0 Å². The molecule has 2 aromatic carbocycles. The Morgan fingerprint density at radius 2 is 1.82 bits per heavy atom. The molecule has 0 radical (unpaired) electrons. The third kappa shape index (κ3) is 4.64. The Balaban J connectivity index is 1.08. The van der Waals surface area contributed by atoms with Crippen molar-refractivity contribution in [1.29, 1.82) is 0 Å². The summed E-state index contributed by atoms with van der Waals surface area (Å²) in [5.41, 5.74) is 1.67. The average Bonchev–Trinajstić information content (AvgIpc) is 3.56. The number of likely N-dealkylation sites (tertiary alicyclic amines) is 1. The van der Waals surface area contributed by atoms with Crippen molar-refractivity contribution < 1.29 is 18.8 Å². The molecule has 0 N–H and O–H groups in total. The molecule has 33 heavy (non-hydrogen) atoms. The van der Waals surface area contributed by atoms with Gasteiger partial charge < -0.3 is 18.9 Å². The molecular weight excluding hydrogens is 418 g/mol. The summed E-state index contributed by atoms with van der Waals surface area (Å²) >= 11 is 0. The zero-order valence-electron chi connectivity index (χ0n) is 18.9. The number of benzene rings is 2. The predicted molar refractivity (Wildman–Crippen MR) is 123 cm³/mol. The van der Waals surface area contributed by atoms with E-state index in [2.05, 4.69) is 10.1 Å². The summed E-state index contributed by atoms with van der Waals surface area (Å²) in [4.78, 5) is 19.8. The lowest BCUT2D eigenvalue weighted by Crippen LogP contribution is -2.45. The monoisotopic (exact) mass is 447 g/mol. The van der Waals surface area contributed by atoms with E-state index < -0.39 is 0 Å². The van der Waals surface area contributed by atoms with E-state index >= 15 is 0 Å². The molecule has 0 unspecified atom stereocenters. The lowest BCUT2D eigenvalue weighted by atomic mass is 9.93. The second-order valence-electron chi connectivity index (χ2n) is 8.80. The molecule has 0 atom stereocenters. The summed E-state index contributed by atoms with van der Waals surface area (Å²) < 4.78 is 16.7. The van der Waals surface area contributed by atoms with Gasteiger partial charge >= 0.3 is 0 Å². The number of methoxy groups -OCH3 is 1. The second-order valence-corrected chi connectivity index (χ2v) is 8.80. The van der Waals surface area contributed by atoms with Crippen molar-refractivity contribution in [3.8, 4) is 17.2 Å². The molecule has 172 valence electrons. The van der Waals surface area contributed by atoms with Gasteiger partial charge in [-0.25, -0.2) is 0 Å². The topological polar surface area (TPSA) is 77.7 Å². The van der Waals surface area contributed by atoms with E-state index in [1.807, 2.05) is 59.5 Å². The van der Waals surface area contributed by atoms with Crippen LogP contribution in [0.25, 0.3) is 11.5 Å². The van der Waals surface area contributed by atoms with Gasteiger partial charge in [-0.05, 0) is 55.5 Å². The Morgan fingerprint density at radius 3 is 2.48 bits per heavy atom. The molecule has 3 aromatic rings. The van der Waals surface area contributed by atoms with Crippen LogP contribution in [0, 0.1) is 0 Å². The molecule has 1 aliphatic carbocycles. The predicted octanol–water partition coefficient (Wildman–Crippen LogP) is 4.03. The summed E-state index contributed by atoms with van der Waals surface area (Å²) in [5, 5.41) is 4.06. The van der Waals surface area contributed by atoms with Crippen molar-refractivity contribution in [2.75, 3.05) is 26.8 Å². The average molecular weight is 448 g/mol. The van der Waals surface area contributed by atoms with E-state index in [-0.39, 0.29) is 17.4 Å². The van der Waals surface area contributed by atoms with Crippen molar-refractivity contribution in [3.05, 3.63) is 66.0 Å². The van der Waals surface area contributed by atoms with Gasteiger partial charge in [-0.1, -0.05) is 35.5 Å². The Labute approximate surface area is 193 Å². The molecule has 5 rings (SSSR count). The maximum absolute atomic E-state index is 13.3. The first-order chi connectivity index (χ1) is 16.2. The molecule has 7 heteroatoms. The van der Waals surface area contributed by atoms with Crippen LogP contribution < -0.4 is 4.74 Å². The van der Waals surface area contributed by atoms with Crippen LogP contribution in [0.5, 0.6) is 5.75 Å². The highest BCUT2D eigenvalue weighted by Crippen LogP contribution is 2.50. The number of hydrogen-bond acceptors (Lipinski definition) is 6. The van der Waals surface area contributed by atoms with Crippen molar-refractivity contribution in [2.45, 2.75) is 43.6 Å². The molecule has 1 aliphatic heterocycles. The van der Waals surface area contributed by atoms with Crippen LogP contribution in [-0.2, 0) is 21.4 Å². The second kappa shape index (κ2) is 9.35. The van der Waals surface area contributed by atoms with Gasteiger partial charge in [-0.2, -0.15) is 4.98 Å². The summed E-state index contributed by atoms with van der Waals surface area (Å²) in [6, 6.07) is 17.7. The molecule has 2 heterocycles. The van der Waals surface area contributed by atoms with Crippen LogP contribution in [0.3, 0.4) is 0 Å². The van der Waals surface area contributed by atoms with Crippen molar-refractivity contribution in [3.63, 3.8) is 0 Å². The zero-order chi connectivity index (χ0) is 22.7. The number of piperidine rings is 1. The van der Waals surface area contributed by atoms with Gasteiger partial charge in [0.15, 0.2) is 5.82 Å².